The zero-order valence-corrected chi connectivity index (χ0v) is 14.5. The van der Waals surface area contributed by atoms with Crippen LogP contribution in [0.15, 0.2) is 42.5 Å². The second kappa shape index (κ2) is 7.77. The highest BCUT2D eigenvalue weighted by atomic mass is 16.5. The normalized spacial score (nSPS) is 18.9. The van der Waals surface area contributed by atoms with Crippen LogP contribution in [0.1, 0.15) is 24.2 Å². The van der Waals surface area contributed by atoms with Gasteiger partial charge in [-0.2, -0.15) is 0 Å². The number of ether oxygens (including phenoxy) is 1. The molecule has 0 saturated carbocycles. The first kappa shape index (κ1) is 16.9. The van der Waals surface area contributed by atoms with Crippen LogP contribution in [-0.2, 0) is 4.74 Å². The van der Waals surface area contributed by atoms with Gasteiger partial charge in [-0.05, 0) is 22.8 Å². The number of carbonyl (C=O) groups is 1. The summed E-state index contributed by atoms with van der Waals surface area (Å²) in [6, 6.07) is 13.8. The van der Waals surface area contributed by atoms with Crippen LogP contribution in [0.5, 0.6) is 0 Å². The van der Waals surface area contributed by atoms with E-state index >= 15 is 0 Å². The summed E-state index contributed by atoms with van der Waals surface area (Å²) in [5, 5.41) is 5.12. The van der Waals surface area contributed by atoms with E-state index in [1.807, 2.05) is 42.5 Å². The third-order valence-electron chi connectivity index (χ3n) is 4.37. The van der Waals surface area contributed by atoms with Crippen LogP contribution >= 0.6 is 0 Å². The lowest BCUT2D eigenvalue weighted by molar-refractivity contribution is -0.0295. The minimum absolute atomic E-state index is 0.0311. The Morgan fingerprint density at radius 3 is 2.88 bits per heavy atom. The molecule has 0 aromatic heterocycles. The summed E-state index contributed by atoms with van der Waals surface area (Å²) in [7, 11) is 0. The Kier molecular flexibility index (Phi) is 5.48. The van der Waals surface area contributed by atoms with Crippen LogP contribution < -0.4 is 5.32 Å². The highest BCUT2D eigenvalue weighted by molar-refractivity contribution is 6.06. The molecule has 1 amide bonds. The second-order valence-electron chi connectivity index (χ2n) is 6.88. The van der Waals surface area contributed by atoms with Gasteiger partial charge in [0.2, 0.25) is 0 Å². The van der Waals surface area contributed by atoms with Crippen molar-refractivity contribution in [1.82, 2.24) is 10.2 Å². The minimum atomic E-state index is -0.0311. The maximum Gasteiger partial charge on any atom is 0.252 e. The van der Waals surface area contributed by atoms with E-state index in [4.69, 9.17) is 4.74 Å². The van der Waals surface area contributed by atoms with Crippen LogP contribution in [0.3, 0.4) is 0 Å². The monoisotopic (exact) mass is 326 g/mol. The van der Waals surface area contributed by atoms with Crippen LogP contribution in [0, 0.1) is 5.92 Å². The fourth-order valence-electron chi connectivity index (χ4n) is 3.31. The Bertz CT molecular complexity index is 694. The minimum Gasteiger partial charge on any atom is -0.374 e. The molecule has 1 aliphatic heterocycles. The lowest BCUT2D eigenvalue weighted by Gasteiger charge is -2.34. The molecule has 128 valence electrons. The summed E-state index contributed by atoms with van der Waals surface area (Å²) in [6.45, 7) is 8.69. The van der Waals surface area contributed by atoms with Crippen LogP contribution in [0.2, 0.25) is 0 Å². The van der Waals surface area contributed by atoms with Gasteiger partial charge >= 0.3 is 0 Å². The van der Waals surface area contributed by atoms with Crippen molar-refractivity contribution in [2.24, 2.45) is 5.92 Å². The maximum atomic E-state index is 12.6. The van der Waals surface area contributed by atoms with Gasteiger partial charge in [-0.25, -0.2) is 0 Å². The van der Waals surface area contributed by atoms with E-state index in [2.05, 4.69) is 24.1 Å². The van der Waals surface area contributed by atoms with Crippen molar-refractivity contribution in [2.75, 3.05) is 32.8 Å². The molecule has 0 aliphatic carbocycles. The van der Waals surface area contributed by atoms with Crippen molar-refractivity contribution >= 4 is 16.7 Å². The van der Waals surface area contributed by atoms with Gasteiger partial charge in [-0.3, -0.25) is 9.69 Å². The summed E-state index contributed by atoms with van der Waals surface area (Å²) < 4.78 is 5.81. The topological polar surface area (TPSA) is 41.6 Å². The van der Waals surface area contributed by atoms with E-state index in [9.17, 15) is 4.79 Å². The van der Waals surface area contributed by atoms with Crippen molar-refractivity contribution in [3.05, 3.63) is 48.0 Å². The molecule has 1 saturated heterocycles. The molecule has 1 atom stereocenters. The van der Waals surface area contributed by atoms with Gasteiger partial charge in [0.05, 0.1) is 12.7 Å². The first-order valence-electron chi connectivity index (χ1n) is 8.73. The highest BCUT2D eigenvalue weighted by Crippen LogP contribution is 2.18. The summed E-state index contributed by atoms with van der Waals surface area (Å²) in [5.74, 6) is 0.616. The predicted octanol–water partition coefficient (Wildman–Crippen LogP) is 2.93. The molecule has 0 spiro atoms. The molecule has 3 rings (SSSR count). The van der Waals surface area contributed by atoms with Crippen molar-refractivity contribution in [2.45, 2.75) is 20.0 Å². The van der Waals surface area contributed by atoms with E-state index in [1.165, 1.54) is 0 Å². The fraction of sp³-hybridized carbons (Fsp3) is 0.450. The molecule has 0 radical (unpaired) electrons. The van der Waals surface area contributed by atoms with Gasteiger partial charge in [-0.1, -0.05) is 50.2 Å². The first-order valence-corrected chi connectivity index (χ1v) is 8.73. The smallest absolute Gasteiger partial charge is 0.252 e. The summed E-state index contributed by atoms with van der Waals surface area (Å²) in [5.41, 5.74) is 0.725. The molecule has 0 bridgehead atoms. The SMILES string of the molecule is CC(C)CN1CCOC(CNC(=O)c2cccc3ccccc23)C1. The standard InChI is InChI=1S/C20H26N2O2/c1-15(2)13-22-10-11-24-17(14-22)12-21-20(23)19-9-5-7-16-6-3-4-8-18(16)19/h3-9,15,17H,10-14H2,1-2H3,(H,21,23). The van der Waals surface area contributed by atoms with Gasteiger partial charge in [-0.15, -0.1) is 0 Å². The van der Waals surface area contributed by atoms with Crippen molar-refractivity contribution in [3.63, 3.8) is 0 Å². The van der Waals surface area contributed by atoms with E-state index in [0.29, 0.717) is 12.5 Å². The maximum absolute atomic E-state index is 12.6. The number of benzene rings is 2. The number of nitrogens with zero attached hydrogens (tertiary/aromatic N) is 1. The third kappa shape index (κ3) is 4.13. The lowest BCUT2D eigenvalue weighted by Crippen LogP contribution is -2.48. The number of hydrogen-bond acceptors (Lipinski definition) is 3. The second-order valence-corrected chi connectivity index (χ2v) is 6.88. The van der Waals surface area contributed by atoms with Crippen LogP contribution in [0.4, 0.5) is 0 Å². The Balaban J connectivity index is 1.61. The first-order chi connectivity index (χ1) is 11.6. The van der Waals surface area contributed by atoms with Gasteiger partial charge in [0.15, 0.2) is 0 Å². The van der Waals surface area contributed by atoms with Gasteiger partial charge in [0, 0.05) is 31.7 Å². The zero-order valence-electron chi connectivity index (χ0n) is 14.5. The summed E-state index contributed by atoms with van der Waals surface area (Å²) in [4.78, 5) is 15.0. The number of amides is 1. The molecule has 1 aliphatic rings. The van der Waals surface area contributed by atoms with Crippen LogP contribution in [-0.4, -0.2) is 49.7 Å². The van der Waals surface area contributed by atoms with Crippen molar-refractivity contribution < 1.29 is 9.53 Å². The average Bonchev–Trinajstić information content (AvgIpc) is 2.59. The lowest BCUT2D eigenvalue weighted by atomic mass is 10.0. The molecular weight excluding hydrogens is 300 g/mol. The van der Waals surface area contributed by atoms with E-state index in [-0.39, 0.29) is 12.0 Å². The third-order valence-corrected chi connectivity index (χ3v) is 4.37. The molecule has 4 heteroatoms. The highest BCUT2D eigenvalue weighted by Gasteiger charge is 2.21. The van der Waals surface area contributed by atoms with Gasteiger partial charge in [0.25, 0.3) is 5.91 Å². The molecule has 1 heterocycles. The largest absolute Gasteiger partial charge is 0.374 e. The molecule has 4 nitrogen and oxygen atoms in total. The quantitative estimate of drug-likeness (QED) is 0.918. The van der Waals surface area contributed by atoms with E-state index < -0.39 is 0 Å². The number of hydrogen-bond donors (Lipinski definition) is 1. The molecule has 1 fully saturated rings. The molecule has 1 N–H and O–H groups in total. The molecule has 2 aromatic rings. The number of morpholine rings is 1. The van der Waals surface area contributed by atoms with E-state index in [0.717, 1.165) is 42.6 Å². The number of rotatable bonds is 5. The van der Waals surface area contributed by atoms with E-state index in [1.54, 1.807) is 0 Å². The molecule has 24 heavy (non-hydrogen) atoms. The zero-order chi connectivity index (χ0) is 16.9. The number of fused-ring (bicyclic) bond motifs is 1. The summed E-state index contributed by atoms with van der Waals surface area (Å²) in [6.07, 6.45) is 0.0661. The average molecular weight is 326 g/mol. The van der Waals surface area contributed by atoms with Gasteiger partial charge in [0.1, 0.15) is 0 Å². The molecular formula is C20H26N2O2. The summed E-state index contributed by atoms with van der Waals surface area (Å²) >= 11 is 0. The number of carbonyl (C=O) groups excluding carboxylic acids is 1. The number of nitrogens with one attached hydrogen (secondary N) is 1. The molecule has 1 unspecified atom stereocenters. The predicted molar refractivity (Wildman–Crippen MR) is 97.3 cm³/mol. The Labute approximate surface area is 143 Å². The Morgan fingerprint density at radius 2 is 2.04 bits per heavy atom. The Hall–Kier alpha value is -1.91. The fourth-order valence-corrected chi connectivity index (χ4v) is 3.31. The van der Waals surface area contributed by atoms with Crippen molar-refractivity contribution in [1.29, 1.82) is 0 Å². The van der Waals surface area contributed by atoms with Gasteiger partial charge < -0.3 is 10.1 Å². The molecule has 2 aromatic carbocycles. The van der Waals surface area contributed by atoms with Crippen molar-refractivity contribution in [3.8, 4) is 0 Å². The van der Waals surface area contributed by atoms with Crippen LogP contribution in [0.25, 0.3) is 10.8 Å². The Morgan fingerprint density at radius 1 is 1.25 bits per heavy atom.